The van der Waals surface area contributed by atoms with E-state index in [1.54, 1.807) is 4.90 Å². The number of esters is 1. The maximum atomic E-state index is 11.6. The number of nitrogens with zero attached hydrogens (tertiary/aromatic N) is 1. The van der Waals surface area contributed by atoms with E-state index < -0.39 is 0 Å². The summed E-state index contributed by atoms with van der Waals surface area (Å²) in [7, 11) is 3.70. The molecule has 1 rings (SSSR count). The van der Waals surface area contributed by atoms with E-state index in [4.69, 9.17) is 24.4 Å². The SMILES string of the molecule is CCCCC/C=C\C/C=C\CCCCCCCCO.CCCCC/C=C\C/C=C\CCCCCCCCO.CCCCC/C=C\C/C=C\CCCCCCCCOC1CCC(COC(=O)CN(C)C)O1. The molecule has 7 nitrogen and oxygen atoms in total. The molecule has 1 aliphatic heterocycles. The fourth-order valence-electron chi connectivity index (χ4n) is 7.91. The zero-order valence-electron chi connectivity index (χ0n) is 47.0. The molecule has 2 unspecified atom stereocenters. The Balaban J connectivity index is 0. The van der Waals surface area contributed by atoms with Crippen LogP contribution >= 0.6 is 0 Å². The number of carbonyl (C=O) groups is 1. The Labute approximate surface area is 435 Å². The summed E-state index contributed by atoms with van der Waals surface area (Å²) in [6.45, 7) is 8.85. The highest BCUT2D eigenvalue weighted by Crippen LogP contribution is 2.21. The van der Waals surface area contributed by atoms with Crippen molar-refractivity contribution in [3.05, 3.63) is 72.9 Å². The predicted molar refractivity (Wildman–Crippen MR) is 306 cm³/mol. The maximum Gasteiger partial charge on any atom is 0.320 e. The van der Waals surface area contributed by atoms with Gasteiger partial charge in [0.2, 0.25) is 0 Å². The smallest absolute Gasteiger partial charge is 0.320 e. The molecule has 0 aromatic carbocycles. The second-order valence-electron chi connectivity index (χ2n) is 19.8. The Kier molecular flexibility index (Phi) is 62.6. The molecular weight excluding hydrogens is 867 g/mol. The second-order valence-corrected chi connectivity index (χ2v) is 19.8. The Morgan fingerprint density at radius 1 is 0.457 bits per heavy atom. The van der Waals surface area contributed by atoms with Crippen molar-refractivity contribution in [2.24, 2.45) is 0 Å². The summed E-state index contributed by atoms with van der Waals surface area (Å²) in [5.74, 6) is -0.204. The van der Waals surface area contributed by atoms with Gasteiger partial charge in [-0.25, -0.2) is 0 Å². The summed E-state index contributed by atoms with van der Waals surface area (Å²) >= 11 is 0. The number of unbranched alkanes of at least 4 members (excludes halogenated alkanes) is 27. The van der Waals surface area contributed by atoms with Crippen molar-refractivity contribution in [2.45, 2.75) is 277 Å². The molecule has 2 atom stereocenters. The van der Waals surface area contributed by atoms with Gasteiger partial charge in [0, 0.05) is 26.2 Å². The van der Waals surface area contributed by atoms with Crippen molar-refractivity contribution in [1.29, 1.82) is 0 Å². The highest BCUT2D eigenvalue weighted by molar-refractivity contribution is 5.71. The van der Waals surface area contributed by atoms with Crippen LogP contribution in [0.1, 0.15) is 265 Å². The Bertz CT molecular complexity index is 1150. The van der Waals surface area contributed by atoms with Crippen LogP contribution in [0, 0.1) is 0 Å². The molecule has 0 amide bonds. The van der Waals surface area contributed by atoms with Gasteiger partial charge in [-0.15, -0.1) is 0 Å². The van der Waals surface area contributed by atoms with Crippen LogP contribution in [0.4, 0.5) is 0 Å². The van der Waals surface area contributed by atoms with Crippen LogP contribution in [0.25, 0.3) is 0 Å². The number of hydrogen-bond donors (Lipinski definition) is 2. The van der Waals surface area contributed by atoms with Crippen LogP contribution < -0.4 is 0 Å². The molecule has 7 heteroatoms. The molecule has 0 saturated carbocycles. The Morgan fingerprint density at radius 2 is 0.786 bits per heavy atom. The molecule has 0 aromatic heterocycles. The fourth-order valence-corrected chi connectivity index (χ4v) is 7.91. The van der Waals surface area contributed by atoms with E-state index in [0.717, 1.165) is 58.0 Å². The molecule has 2 N–H and O–H groups in total. The lowest BCUT2D eigenvalue weighted by Crippen LogP contribution is -2.27. The molecule has 70 heavy (non-hydrogen) atoms. The lowest BCUT2D eigenvalue weighted by Gasteiger charge is -2.15. The quantitative estimate of drug-likeness (QED) is 0.0357. The number of rotatable bonds is 48. The molecule has 0 aromatic rings. The third-order valence-corrected chi connectivity index (χ3v) is 12.3. The molecule has 1 aliphatic rings. The van der Waals surface area contributed by atoms with Gasteiger partial charge < -0.3 is 24.4 Å². The van der Waals surface area contributed by atoms with Crippen LogP contribution in [-0.2, 0) is 19.0 Å². The Morgan fingerprint density at radius 3 is 1.13 bits per heavy atom. The van der Waals surface area contributed by atoms with E-state index >= 15 is 0 Å². The number of hydrogen-bond acceptors (Lipinski definition) is 7. The monoisotopic (exact) mass is 984 g/mol. The summed E-state index contributed by atoms with van der Waals surface area (Å²) in [6.07, 6.45) is 74.4. The number of aliphatic hydroxyl groups excluding tert-OH is 2. The third-order valence-electron chi connectivity index (χ3n) is 12.3. The third kappa shape index (κ3) is 61.8. The maximum absolute atomic E-state index is 11.6. The molecular formula is C63H117NO6. The van der Waals surface area contributed by atoms with Gasteiger partial charge in [-0.3, -0.25) is 9.69 Å². The molecule has 1 saturated heterocycles. The minimum Gasteiger partial charge on any atom is -0.462 e. The number of carbonyl (C=O) groups excluding carboxylic acids is 1. The van der Waals surface area contributed by atoms with Crippen molar-refractivity contribution < 1.29 is 29.2 Å². The first-order chi connectivity index (χ1) is 34.4. The van der Waals surface area contributed by atoms with Crippen molar-refractivity contribution in [1.82, 2.24) is 4.90 Å². The summed E-state index contributed by atoms with van der Waals surface area (Å²) in [5.41, 5.74) is 0. The van der Waals surface area contributed by atoms with E-state index in [-0.39, 0.29) is 18.4 Å². The molecule has 1 heterocycles. The van der Waals surface area contributed by atoms with Crippen molar-refractivity contribution in [2.75, 3.05) is 47.1 Å². The van der Waals surface area contributed by atoms with Crippen LogP contribution in [0.15, 0.2) is 72.9 Å². The summed E-state index contributed by atoms with van der Waals surface area (Å²) in [6, 6.07) is 0. The predicted octanol–water partition coefficient (Wildman–Crippen LogP) is 18.0. The van der Waals surface area contributed by atoms with E-state index in [1.807, 2.05) is 14.1 Å². The van der Waals surface area contributed by atoms with Gasteiger partial charge in [0.1, 0.15) is 6.61 Å². The zero-order valence-corrected chi connectivity index (χ0v) is 47.0. The number of aliphatic hydroxyl groups is 2. The van der Waals surface area contributed by atoms with Gasteiger partial charge in [-0.2, -0.15) is 0 Å². The van der Waals surface area contributed by atoms with Crippen LogP contribution in [-0.4, -0.2) is 80.5 Å². The molecule has 0 bridgehead atoms. The number of ether oxygens (including phenoxy) is 3. The van der Waals surface area contributed by atoms with Crippen molar-refractivity contribution in [3.63, 3.8) is 0 Å². The van der Waals surface area contributed by atoms with Crippen LogP contribution in [0.3, 0.4) is 0 Å². The van der Waals surface area contributed by atoms with E-state index in [0.29, 0.717) is 26.4 Å². The first kappa shape index (κ1) is 69.8. The summed E-state index contributed by atoms with van der Waals surface area (Å²) in [4.78, 5) is 13.4. The van der Waals surface area contributed by atoms with Crippen LogP contribution in [0.2, 0.25) is 0 Å². The normalized spacial score (nSPS) is 15.1. The molecule has 0 radical (unpaired) electrons. The minimum atomic E-state index is -0.204. The van der Waals surface area contributed by atoms with Gasteiger partial charge in [0.15, 0.2) is 6.29 Å². The van der Waals surface area contributed by atoms with Crippen molar-refractivity contribution >= 4 is 5.97 Å². The molecule has 0 aliphatic carbocycles. The van der Waals surface area contributed by atoms with Gasteiger partial charge in [-0.1, -0.05) is 209 Å². The first-order valence-electron chi connectivity index (χ1n) is 29.6. The number of allylic oxidation sites excluding steroid dienone is 12. The van der Waals surface area contributed by atoms with Crippen LogP contribution in [0.5, 0.6) is 0 Å². The topological polar surface area (TPSA) is 88.5 Å². The Hall–Kier alpha value is -2.29. The molecule has 1 fully saturated rings. The van der Waals surface area contributed by atoms with E-state index in [2.05, 4.69) is 93.7 Å². The molecule has 0 spiro atoms. The lowest BCUT2D eigenvalue weighted by atomic mass is 10.1. The summed E-state index contributed by atoms with van der Waals surface area (Å²) in [5, 5.41) is 17.3. The highest BCUT2D eigenvalue weighted by atomic mass is 16.7. The van der Waals surface area contributed by atoms with E-state index in [9.17, 15) is 4.79 Å². The van der Waals surface area contributed by atoms with Gasteiger partial charge >= 0.3 is 5.97 Å². The first-order valence-corrected chi connectivity index (χ1v) is 29.6. The van der Waals surface area contributed by atoms with E-state index in [1.165, 1.54) is 193 Å². The fraction of sp³-hybridized carbons (Fsp3) is 0.794. The second kappa shape index (κ2) is 62.8. The standard InChI is InChI=1S/C27H49NO4.2C18H34O/c1-4-5-6-7-8-9-10-11-12-13-14-15-16-17-18-19-22-30-27-21-20-25(32-27)24-31-26(29)23-28(2)3;2*1-2-3-4-5-6-7-8-9-10-11-12-13-14-15-16-17-18-19/h8-9,11-12,25,27H,4-7,10,13-24H2,1-3H3;2*6-7,9-10,19H,2-5,8,11-18H2,1H3/b9-8-,12-11-;2*7-6-,10-9-. The zero-order chi connectivity index (χ0) is 51.3. The summed E-state index contributed by atoms with van der Waals surface area (Å²) < 4.78 is 16.9. The van der Waals surface area contributed by atoms with Gasteiger partial charge in [0.25, 0.3) is 0 Å². The largest absolute Gasteiger partial charge is 0.462 e. The van der Waals surface area contributed by atoms with Gasteiger partial charge in [0.05, 0.1) is 12.6 Å². The lowest BCUT2D eigenvalue weighted by molar-refractivity contribution is -0.161. The number of likely N-dealkylation sites (N-methyl/N-ethyl adjacent to an activating group) is 1. The highest BCUT2D eigenvalue weighted by Gasteiger charge is 2.26. The average molecular weight is 985 g/mol. The van der Waals surface area contributed by atoms with Crippen molar-refractivity contribution in [3.8, 4) is 0 Å². The average Bonchev–Trinajstić information content (AvgIpc) is 3.82. The minimum absolute atomic E-state index is 0.0259. The van der Waals surface area contributed by atoms with Gasteiger partial charge in [-0.05, 0) is 136 Å². The molecule has 410 valence electrons.